The highest BCUT2D eigenvalue weighted by molar-refractivity contribution is 6.00. The number of aromatic carboxylic acids is 1. The van der Waals surface area contributed by atoms with Gasteiger partial charge in [-0.3, -0.25) is 0 Å². The normalized spacial score (nSPS) is 9.62. The van der Waals surface area contributed by atoms with Crippen LogP contribution >= 0.6 is 0 Å². The number of carbonyl (C=O) groups excluding carboxylic acids is 1. The van der Waals surface area contributed by atoms with E-state index in [4.69, 9.17) is 5.11 Å². The molecule has 0 bridgehead atoms. The van der Waals surface area contributed by atoms with Crippen molar-refractivity contribution in [2.45, 2.75) is 6.92 Å². The molecule has 1 aromatic rings. The van der Waals surface area contributed by atoms with Gasteiger partial charge < -0.3 is 14.3 Å². The van der Waals surface area contributed by atoms with E-state index in [-0.39, 0.29) is 12.2 Å². The first-order chi connectivity index (χ1) is 6.16. The molecule has 0 aliphatic carbocycles. The second kappa shape index (κ2) is 3.75. The molecule has 1 rings (SSSR count). The van der Waals surface area contributed by atoms with Gasteiger partial charge in [0.25, 0.3) is 0 Å². The summed E-state index contributed by atoms with van der Waals surface area (Å²) in [6.45, 7) is 1.83. The first-order valence-electron chi connectivity index (χ1n) is 3.64. The Hall–Kier alpha value is -1.78. The minimum absolute atomic E-state index is 0.0608. The van der Waals surface area contributed by atoms with Crippen LogP contribution in [0, 0.1) is 0 Å². The summed E-state index contributed by atoms with van der Waals surface area (Å²) in [5, 5.41) is 8.57. The molecule has 0 fully saturated rings. The first-order valence-corrected chi connectivity index (χ1v) is 3.64. The molecule has 0 radical (unpaired) electrons. The molecule has 13 heavy (non-hydrogen) atoms. The second-order valence-electron chi connectivity index (χ2n) is 2.19. The molecule has 0 aliphatic heterocycles. The van der Waals surface area contributed by atoms with Crippen molar-refractivity contribution in [1.29, 1.82) is 0 Å². The van der Waals surface area contributed by atoms with E-state index in [9.17, 15) is 9.59 Å². The Kier molecular flexibility index (Phi) is 2.69. The van der Waals surface area contributed by atoms with Crippen LogP contribution in [0.1, 0.15) is 27.8 Å². The van der Waals surface area contributed by atoms with Crippen molar-refractivity contribution in [2.75, 3.05) is 6.61 Å². The summed E-state index contributed by atoms with van der Waals surface area (Å²) in [5.74, 6) is -2.36. The number of furan rings is 1. The lowest BCUT2D eigenvalue weighted by atomic mass is 10.2. The molecule has 1 N–H and O–H groups in total. The fourth-order valence-corrected chi connectivity index (χ4v) is 0.844. The number of carboxylic acids is 1. The Morgan fingerprint density at radius 1 is 1.62 bits per heavy atom. The molecule has 0 saturated heterocycles. The first kappa shape index (κ1) is 9.31. The van der Waals surface area contributed by atoms with Crippen molar-refractivity contribution in [3.05, 3.63) is 23.7 Å². The number of rotatable bonds is 3. The molecule has 0 spiro atoms. The summed E-state index contributed by atoms with van der Waals surface area (Å²) >= 11 is 0. The van der Waals surface area contributed by atoms with E-state index in [1.807, 2.05) is 0 Å². The van der Waals surface area contributed by atoms with Gasteiger partial charge in [0.05, 0.1) is 12.9 Å². The second-order valence-corrected chi connectivity index (χ2v) is 2.19. The van der Waals surface area contributed by atoms with Gasteiger partial charge in [0, 0.05) is 0 Å². The maximum absolute atomic E-state index is 11.1. The Bertz CT molecular complexity index is 325. The molecule has 0 aromatic carbocycles. The van der Waals surface area contributed by atoms with Crippen LogP contribution in [0.5, 0.6) is 0 Å². The average molecular weight is 184 g/mol. The molecule has 0 unspecified atom stereocenters. The topological polar surface area (TPSA) is 76.7 Å². The SMILES string of the molecule is CCOC(=O)c1ccoc1C(=O)O. The zero-order valence-electron chi connectivity index (χ0n) is 6.94. The summed E-state index contributed by atoms with van der Waals surface area (Å²) in [7, 11) is 0. The fourth-order valence-electron chi connectivity index (χ4n) is 0.844. The molecular formula is C8H8O5. The maximum atomic E-state index is 11.1. The van der Waals surface area contributed by atoms with Crippen LogP contribution < -0.4 is 0 Å². The Labute approximate surface area is 73.9 Å². The Morgan fingerprint density at radius 2 is 2.31 bits per heavy atom. The third-order valence-electron chi connectivity index (χ3n) is 1.35. The van der Waals surface area contributed by atoms with Gasteiger partial charge in [0.1, 0.15) is 5.56 Å². The number of ether oxygens (including phenoxy) is 1. The highest BCUT2D eigenvalue weighted by atomic mass is 16.5. The number of carboxylic acid groups (broad SMARTS) is 1. The number of hydrogen-bond acceptors (Lipinski definition) is 4. The minimum atomic E-state index is -1.28. The molecule has 0 atom stereocenters. The molecular weight excluding hydrogens is 176 g/mol. The Morgan fingerprint density at radius 3 is 2.85 bits per heavy atom. The lowest BCUT2D eigenvalue weighted by Crippen LogP contribution is -2.08. The van der Waals surface area contributed by atoms with E-state index < -0.39 is 17.7 Å². The van der Waals surface area contributed by atoms with Gasteiger partial charge in [-0.1, -0.05) is 0 Å². The Balaban J connectivity index is 2.93. The van der Waals surface area contributed by atoms with Crippen molar-refractivity contribution in [3.8, 4) is 0 Å². The average Bonchev–Trinajstić information content (AvgIpc) is 2.52. The zero-order valence-corrected chi connectivity index (χ0v) is 6.94. The van der Waals surface area contributed by atoms with Crippen LogP contribution in [0.3, 0.4) is 0 Å². The zero-order chi connectivity index (χ0) is 9.84. The fraction of sp³-hybridized carbons (Fsp3) is 0.250. The van der Waals surface area contributed by atoms with Crippen molar-refractivity contribution in [1.82, 2.24) is 0 Å². The lowest BCUT2D eigenvalue weighted by molar-refractivity contribution is 0.0508. The van der Waals surface area contributed by atoms with E-state index in [1.165, 1.54) is 6.07 Å². The predicted molar refractivity (Wildman–Crippen MR) is 41.6 cm³/mol. The van der Waals surface area contributed by atoms with Gasteiger partial charge in [-0.05, 0) is 13.0 Å². The van der Waals surface area contributed by atoms with Crippen LogP contribution in [0.25, 0.3) is 0 Å². The third-order valence-corrected chi connectivity index (χ3v) is 1.35. The van der Waals surface area contributed by atoms with E-state index in [1.54, 1.807) is 6.92 Å². The summed E-state index contributed by atoms with van der Waals surface area (Å²) < 4.78 is 9.21. The molecule has 1 heterocycles. The van der Waals surface area contributed by atoms with Crippen LogP contribution in [-0.2, 0) is 4.74 Å². The van der Waals surface area contributed by atoms with Gasteiger partial charge in [-0.2, -0.15) is 0 Å². The van der Waals surface area contributed by atoms with Crippen molar-refractivity contribution in [2.24, 2.45) is 0 Å². The van der Waals surface area contributed by atoms with Gasteiger partial charge in [0.15, 0.2) is 0 Å². The largest absolute Gasteiger partial charge is 0.475 e. The van der Waals surface area contributed by atoms with Crippen LogP contribution in [0.15, 0.2) is 16.7 Å². The molecule has 0 aliphatic rings. The quantitative estimate of drug-likeness (QED) is 0.713. The summed E-state index contributed by atoms with van der Waals surface area (Å²) in [6.07, 6.45) is 1.13. The van der Waals surface area contributed by atoms with E-state index in [2.05, 4.69) is 9.15 Å². The predicted octanol–water partition coefficient (Wildman–Crippen LogP) is 1.15. The monoisotopic (exact) mass is 184 g/mol. The summed E-state index contributed by atoms with van der Waals surface area (Å²) in [6, 6.07) is 1.27. The van der Waals surface area contributed by atoms with E-state index in [0.29, 0.717) is 0 Å². The van der Waals surface area contributed by atoms with E-state index >= 15 is 0 Å². The van der Waals surface area contributed by atoms with Crippen LogP contribution in [0.4, 0.5) is 0 Å². The smallest absolute Gasteiger partial charge is 0.372 e. The molecule has 0 amide bonds. The highest BCUT2D eigenvalue weighted by Gasteiger charge is 2.20. The molecule has 1 aromatic heterocycles. The van der Waals surface area contributed by atoms with Gasteiger partial charge >= 0.3 is 11.9 Å². The number of esters is 1. The summed E-state index contributed by atoms with van der Waals surface area (Å²) in [5.41, 5.74) is -0.0608. The number of carbonyl (C=O) groups is 2. The lowest BCUT2D eigenvalue weighted by Gasteiger charge is -1.98. The molecule has 70 valence electrons. The minimum Gasteiger partial charge on any atom is -0.475 e. The molecule has 5 heteroatoms. The third kappa shape index (κ3) is 1.87. The molecule has 0 saturated carbocycles. The highest BCUT2D eigenvalue weighted by Crippen LogP contribution is 2.11. The van der Waals surface area contributed by atoms with Crippen molar-refractivity contribution < 1.29 is 23.8 Å². The van der Waals surface area contributed by atoms with Gasteiger partial charge in [0.2, 0.25) is 5.76 Å². The number of hydrogen-bond donors (Lipinski definition) is 1. The molecule has 5 nitrogen and oxygen atoms in total. The maximum Gasteiger partial charge on any atom is 0.372 e. The van der Waals surface area contributed by atoms with Crippen LogP contribution in [0.2, 0.25) is 0 Å². The van der Waals surface area contributed by atoms with Gasteiger partial charge in [-0.25, -0.2) is 9.59 Å². The van der Waals surface area contributed by atoms with Crippen molar-refractivity contribution >= 4 is 11.9 Å². The van der Waals surface area contributed by atoms with E-state index in [0.717, 1.165) is 6.26 Å². The standard InChI is InChI=1S/C8H8O5/c1-2-12-8(11)5-3-4-13-6(5)7(9)10/h3-4H,2H2,1H3,(H,9,10). The van der Waals surface area contributed by atoms with Crippen LogP contribution in [-0.4, -0.2) is 23.7 Å². The van der Waals surface area contributed by atoms with Gasteiger partial charge in [-0.15, -0.1) is 0 Å². The summed E-state index contributed by atoms with van der Waals surface area (Å²) in [4.78, 5) is 21.6. The van der Waals surface area contributed by atoms with Crippen molar-refractivity contribution in [3.63, 3.8) is 0 Å².